The Morgan fingerprint density at radius 2 is 1.94 bits per heavy atom. The molecule has 1 heterocycles. The Morgan fingerprint density at radius 1 is 1.13 bits per heavy atom. The number of carbonyl (C=O) groups is 4. The lowest BCUT2D eigenvalue weighted by molar-refractivity contribution is -0.116. The van der Waals surface area contributed by atoms with E-state index in [1.54, 1.807) is 55.5 Å². The Labute approximate surface area is 179 Å². The van der Waals surface area contributed by atoms with Crippen LogP contribution in [0, 0.1) is 0 Å². The minimum atomic E-state index is -0.450. The van der Waals surface area contributed by atoms with Crippen molar-refractivity contribution in [2.24, 2.45) is 0 Å². The van der Waals surface area contributed by atoms with E-state index in [2.05, 4.69) is 16.0 Å². The maximum atomic E-state index is 12.5. The fourth-order valence-electron chi connectivity index (χ4n) is 3.12. The fraction of sp³-hybridized carbons (Fsp3) is 0.273. The predicted octanol–water partition coefficient (Wildman–Crippen LogP) is 2.75. The van der Waals surface area contributed by atoms with Crippen molar-refractivity contribution in [1.29, 1.82) is 0 Å². The van der Waals surface area contributed by atoms with Gasteiger partial charge in [0.2, 0.25) is 11.8 Å². The molecule has 4 amide bonds. The third kappa shape index (κ3) is 5.81. The van der Waals surface area contributed by atoms with Gasteiger partial charge in [0.25, 0.3) is 0 Å². The standard InChI is InChI=1S/C22H24N4O5/c1-2-31-21(29)15-7-5-8-16(13-15)24-19(27)11-6-12-23-22(30)26-14-20(28)25-17-9-3-4-10-18(17)26/h3-5,7-10,13H,2,6,11-12,14H2,1H3,(H,23,30)(H,24,27)(H,25,28). The van der Waals surface area contributed by atoms with Crippen molar-refractivity contribution in [3.63, 3.8) is 0 Å². The first kappa shape index (κ1) is 21.8. The van der Waals surface area contributed by atoms with Crippen LogP contribution in [0.25, 0.3) is 0 Å². The lowest BCUT2D eigenvalue weighted by Crippen LogP contribution is -2.47. The van der Waals surface area contributed by atoms with Gasteiger partial charge < -0.3 is 20.7 Å². The number of ether oxygens (including phenoxy) is 1. The molecule has 0 radical (unpaired) electrons. The molecular formula is C22H24N4O5. The van der Waals surface area contributed by atoms with Crippen molar-refractivity contribution in [2.75, 3.05) is 35.2 Å². The summed E-state index contributed by atoms with van der Waals surface area (Å²) in [7, 11) is 0. The van der Waals surface area contributed by atoms with Crippen LogP contribution in [-0.2, 0) is 14.3 Å². The van der Waals surface area contributed by atoms with E-state index in [4.69, 9.17) is 4.74 Å². The van der Waals surface area contributed by atoms with Crippen molar-refractivity contribution in [3.05, 3.63) is 54.1 Å². The Kier molecular flexibility index (Phi) is 7.21. The molecule has 1 aliphatic heterocycles. The van der Waals surface area contributed by atoms with Gasteiger partial charge in [0.15, 0.2) is 0 Å². The largest absolute Gasteiger partial charge is 0.462 e. The summed E-state index contributed by atoms with van der Waals surface area (Å²) < 4.78 is 4.95. The second kappa shape index (κ2) is 10.2. The van der Waals surface area contributed by atoms with Gasteiger partial charge >= 0.3 is 12.0 Å². The first-order chi connectivity index (χ1) is 15.0. The van der Waals surface area contributed by atoms with Gasteiger partial charge in [-0.2, -0.15) is 0 Å². The molecule has 0 spiro atoms. The number of amides is 4. The summed E-state index contributed by atoms with van der Waals surface area (Å²) >= 11 is 0. The highest BCUT2D eigenvalue weighted by Gasteiger charge is 2.26. The van der Waals surface area contributed by atoms with Crippen LogP contribution in [0.1, 0.15) is 30.1 Å². The van der Waals surface area contributed by atoms with E-state index in [1.165, 1.54) is 4.90 Å². The fourth-order valence-corrected chi connectivity index (χ4v) is 3.12. The number of hydrogen-bond donors (Lipinski definition) is 3. The van der Waals surface area contributed by atoms with Crippen molar-refractivity contribution in [3.8, 4) is 0 Å². The summed E-state index contributed by atoms with van der Waals surface area (Å²) in [6.07, 6.45) is 0.595. The van der Waals surface area contributed by atoms with Crippen LogP contribution in [0.15, 0.2) is 48.5 Å². The lowest BCUT2D eigenvalue weighted by atomic mass is 10.2. The number of nitrogens with zero attached hydrogens (tertiary/aromatic N) is 1. The molecule has 0 atom stereocenters. The molecule has 2 aromatic rings. The molecule has 0 fully saturated rings. The van der Waals surface area contributed by atoms with E-state index in [-0.39, 0.29) is 37.9 Å². The van der Waals surface area contributed by atoms with Crippen molar-refractivity contribution in [1.82, 2.24) is 5.32 Å². The third-order valence-corrected chi connectivity index (χ3v) is 4.53. The van der Waals surface area contributed by atoms with Crippen LogP contribution in [0.3, 0.4) is 0 Å². The van der Waals surface area contributed by atoms with Crippen LogP contribution in [0.4, 0.5) is 21.9 Å². The van der Waals surface area contributed by atoms with Gasteiger partial charge in [-0.3, -0.25) is 14.5 Å². The Morgan fingerprint density at radius 3 is 2.74 bits per heavy atom. The van der Waals surface area contributed by atoms with Crippen LogP contribution in [0.5, 0.6) is 0 Å². The zero-order valence-corrected chi connectivity index (χ0v) is 17.1. The third-order valence-electron chi connectivity index (χ3n) is 4.53. The molecule has 1 aliphatic rings. The molecule has 162 valence electrons. The number of hydrogen-bond acceptors (Lipinski definition) is 5. The highest BCUT2D eigenvalue weighted by atomic mass is 16.5. The second-order valence-electron chi connectivity index (χ2n) is 6.84. The summed E-state index contributed by atoms with van der Waals surface area (Å²) in [6, 6.07) is 13.2. The molecule has 0 saturated heterocycles. The van der Waals surface area contributed by atoms with Gasteiger partial charge in [0.05, 0.1) is 23.5 Å². The molecule has 0 bridgehead atoms. The molecule has 0 unspecified atom stereocenters. The molecule has 0 aliphatic carbocycles. The number of para-hydroxylation sites is 2. The summed E-state index contributed by atoms with van der Waals surface area (Å²) in [5.74, 6) is -0.953. The molecule has 9 heteroatoms. The molecule has 3 N–H and O–H groups in total. The Bertz CT molecular complexity index is 991. The molecule has 0 saturated carbocycles. The van der Waals surface area contributed by atoms with Gasteiger partial charge in [-0.1, -0.05) is 18.2 Å². The number of nitrogens with one attached hydrogen (secondary N) is 3. The van der Waals surface area contributed by atoms with Gasteiger partial charge in [-0.15, -0.1) is 0 Å². The SMILES string of the molecule is CCOC(=O)c1cccc(NC(=O)CCCNC(=O)N2CC(=O)Nc3ccccc32)c1. The van der Waals surface area contributed by atoms with Crippen molar-refractivity contribution in [2.45, 2.75) is 19.8 Å². The first-order valence-corrected chi connectivity index (χ1v) is 9.99. The van der Waals surface area contributed by atoms with E-state index >= 15 is 0 Å². The highest BCUT2D eigenvalue weighted by molar-refractivity contribution is 6.09. The van der Waals surface area contributed by atoms with Gasteiger partial charge in [0, 0.05) is 18.7 Å². The van der Waals surface area contributed by atoms with E-state index < -0.39 is 12.0 Å². The number of rotatable bonds is 7. The summed E-state index contributed by atoms with van der Waals surface area (Å²) in [6.45, 7) is 2.20. The van der Waals surface area contributed by atoms with Gasteiger partial charge in [-0.25, -0.2) is 9.59 Å². The second-order valence-corrected chi connectivity index (χ2v) is 6.84. The van der Waals surface area contributed by atoms with Crippen LogP contribution < -0.4 is 20.9 Å². The highest BCUT2D eigenvalue weighted by Crippen LogP contribution is 2.28. The van der Waals surface area contributed by atoms with Crippen molar-refractivity contribution >= 4 is 40.9 Å². The lowest BCUT2D eigenvalue weighted by Gasteiger charge is -2.29. The molecule has 9 nitrogen and oxygen atoms in total. The van der Waals surface area contributed by atoms with E-state index in [0.717, 1.165) is 0 Å². The van der Waals surface area contributed by atoms with Gasteiger partial charge in [-0.05, 0) is 43.7 Å². The van der Waals surface area contributed by atoms with Crippen LogP contribution >= 0.6 is 0 Å². The maximum Gasteiger partial charge on any atom is 0.338 e. The maximum absolute atomic E-state index is 12.5. The van der Waals surface area contributed by atoms with E-state index in [9.17, 15) is 19.2 Å². The number of fused-ring (bicyclic) bond motifs is 1. The summed E-state index contributed by atoms with van der Waals surface area (Å²) in [5.41, 5.74) is 2.06. The quantitative estimate of drug-likeness (QED) is 0.467. The Balaban J connectivity index is 1.45. The van der Waals surface area contributed by atoms with Crippen LogP contribution in [0.2, 0.25) is 0 Å². The molecule has 31 heavy (non-hydrogen) atoms. The zero-order valence-electron chi connectivity index (χ0n) is 17.1. The molecule has 2 aromatic carbocycles. The molecule has 3 rings (SSSR count). The van der Waals surface area contributed by atoms with E-state index in [0.29, 0.717) is 29.0 Å². The Hall–Kier alpha value is -3.88. The predicted molar refractivity (Wildman–Crippen MR) is 116 cm³/mol. The number of anilines is 3. The minimum absolute atomic E-state index is 0.0693. The smallest absolute Gasteiger partial charge is 0.338 e. The monoisotopic (exact) mass is 424 g/mol. The first-order valence-electron chi connectivity index (χ1n) is 9.99. The molecule has 0 aromatic heterocycles. The molecular weight excluding hydrogens is 400 g/mol. The topological polar surface area (TPSA) is 117 Å². The average molecular weight is 424 g/mol. The number of esters is 1. The van der Waals surface area contributed by atoms with Crippen molar-refractivity contribution < 1.29 is 23.9 Å². The number of carbonyl (C=O) groups excluding carboxylic acids is 4. The zero-order chi connectivity index (χ0) is 22.2. The van der Waals surface area contributed by atoms with Gasteiger partial charge in [0.1, 0.15) is 6.54 Å². The average Bonchev–Trinajstić information content (AvgIpc) is 2.76. The van der Waals surface area contributed by atoms with E-state index in [1.807, 2.05) is 0 Å². The normalized spacial score (nSPS) is 12.4. The minimum Gasteiger partial charge on any atom is -0.462 e. The number of benzene rings is 2. The number of urea groups is 1. The summed E-state index contributed by atoms with van der Waals surface area (Å²) in [4.78, 5) is 49.6. The summed E-state index contributed by atoms with van der Waals surface area (Å²) in [5, 5.41) is 8.19. The van der Waals surface area contributed by atoms with Crippen LogP contribution in [-0.4, -0.2) is 43.5 Å².